The molecule has 0 atom stereocenters. The Morgan fingerprint density at radius 1 is 1.17 bits per heavy atom. The van der Waals surface area contributed by atoms with Crippen molar-refractivity contribution in [2.24, 2.45) is 4.99 Å². The number of ether oxygens (including phenoxy) is 2. The minimum Gasteiger partial charge on any atom is -0.493 e. The van der Waals surface area contributed by atoms with E-state index in [4.69, 9.17) is 9.47 Å². The third-order valence-corrected chi connectivity index (χ3v) is 6.19. The van der Waals surface area contributed by atoms with Crippen LogP contribution in [0.15, 0.2) is 40.7 Å². The largest absolute Gasteiger partial charge is 0.493 e. The zero-order valence-electron chi connectivity index (χ0n) is 17.6. The van der Waals surface area contributed by atoms with E-state index in [0.717, 1.165) is 62.8 Å². The second-order valence-corrected chi connectivity index (χ2v) is 8.07. The third kappa shape index (κ3) is 6.03. The molecule has 1 aromatic heterocycles. The SMILES string of the molecule is CN=C(NCCCc1ccc(OC)c(OC)c1)NC1CCN(c2cccs2)CC1. The van der Waals surface area contributed by atoms with Crippen LogP contribution in [0.3, 0.4) is 0 Å². The normalized spacial score (nSPS) is 15.3. The first-order valence-corrected chi connectivity index (χ1v) is 11.1. The van der Waals surface area contributed by atoms with Crippen molar-refractivity contribution in [3.63, 3.8) is 0 Å². The van der Waals surface area contributed by atoms with Gasteiger partial charge in [0, 0.05) is 32.7 Å². The highest BCUT2D eigenvalue weighted by Crippen LogP contribution is 2.28. The second-order valence-electron chi connectivity index (χ2n) is 7.15. The van der Waals surface area contributed by atoms with Gasteiger partial charge in [0.15, 0.2) is 17.5 Å². The van der Waals surface area contributed by atoms with Gasteiger partial charge in [-0.05, 0) is 60.9 Å². The van der Waals surface area contributed by atoms with E-state index < -0.39 is 0 Å². The number of hydrogen-bond acceptors (Lipinski definition) is 5. The Balaban J connectivity index is 1.38. The summed E-state index contributed by atoms with van der Waals surface area (Å²) in [6.45, 7) is 3.06. The molecule has 3 rings (SSSR count). The highest BCUT2D eigenvalue weighted by atomic mass is 32.1. The number of thiophene rings is 1. The lowest BCUT2D eigenvalue weighted by molar-refractivity contribution is 0.354. The average Bonchev–Trinajstić information content (AvgIpc) is 3.31. The first kappa shape index (κ1) is 21.3. The summed E-state index contributed by atoms with van der Waals surface area (Å²) in [5.74, 6) is 2.44. The molecule has 2 aromatic rings. The molecule has 1 aliphatic rings. The number of anilines is 1. The molecular weight excluding hydrogens is 384 g/mol. The van der Waals surface area contributed by atoms with E-state index in [9.17, 15) is 0 Å². The van der Waals surface area contributed by atoms with Gasteiger partial charge < -0.3 is 25.0 Å². The summed E-state index contributed by atoms with van der Waals surface area (Å²) in [5.41, 5.74) is 1.24. The molecular formula is C22H32N4O2S. The van der Waals surface area contributed by atoms with Crippen LogP contribution in [0.25, 0.3) is 0 Å². The summed E-state index contributed by atoms with van der Waals surface area (Å²) < 4.78 is 10.7. The Hall–Kier alpha value is -2.41. The lowest BCUT2D eigenvalue weighted by Gasteiger charge is -2.33. The molecule has 2 N–H and O–H groups in total. The van der Waals surface area contributed by atoms with E-state index in [-0.39, 0.29) is 0 Å². The maximum atomic E-state index is 5.38. The van der Waals surface area contributed by atoms with Gasteiger partial charge in [-0.2, -0.15) is 0 Å². The Labute approximate surface area is 177 Å². The first-order valence-electron chi connectivity index (χ1n) is 10.2. The molecule has 1 fully saturated rings. The van der Waals surface area contributed by atoms with Crippen molar-refractivity contribution in [1.82, 2.24) is 10.6 Å². The summed E-state index contributed by atoms with van der Waals surface area (Å²) >= 11 is 1.82. The van der Waals surface area contributed by atoms with E-state index in [2.05, 4.69) is 44.1 Å². The van der Waals surface area contributed by atoms with Crippen molar-refractivity contribution in [2.45, 2.75) is 31.7 Å². The summed E-state index contributed by atoms with van der Waals surface area (Å²) in [5, 5.41) is 10.6. The lowest BCUT2D eigenvalue weighted by atomic mass is 10.1. The van der Waals surface area contributed by atoms with Crippen molar-refractivity contribution in [1.29, 1.82) is 0 Å². The number of hydrogen-bond donors (Lipinski definition) is 2. The van der Waals surface area contributed by atoms with Crippen LogP contribution in [-0.4, -0.2) is 52.9 Å². The van der Waals surface area contributed by atoms with Crippen LogP contribution >= 0.6 is 11.3 Å². The summed E-state index contributed by atoms with van der Waals surface area (Å²) in [6, 6.07) is 10.9. The van der Waals surface area contributed by atoms with Crippen LogP contribution in [0.5, 0.6) is 11.5 Å². The van der Waals surface area contributed by atoms with Crippen molar-refractivity contribution >= 4 is 22.3 Å². The molecule has 0 radical (unpaired) electrons. The standard InChI is InChI=1S/C22H32N4O2S/c1-23-22(25-18-10-13-26(14-11-18)21-7-5-15-29-21)24-12-4-6-17-8-9-19(27-2)20(16-17)28-3/h5,7-9,15-16,18H,4,6,10-14H2,1-3H3,(H2,23,24,25). The van der Waals surface area contributed by atoms with Crippen LogP contribution < -0.4 is 25.0 Å². The lowest BCUT2D eigenvalue weighted by Crippen LogP contribution is -2.48. The molecule has 0 unspecified atom stereocenters. The van der Waals surface area contributed by atoms with Gasteiger partial charge in [-0.25, -0.2) is 0 Å². The first-order chi connectivity index (χ1) is 14.2. The molecule has 1 aliphatic heterocycles. The van der Waals surface area contributed by atoms with Gasteiger partial charge in [-0.1, -0.05) is 6.07 Å². The fourth-order valence-electron chi connectivity index (χ4n) is 3.62. The predicted octanol–water partition coefficient (Wildman–Crippen LogP) is 3.53. The molecule has 7 heteroatoms. The average molecular weight is 417 g/mol. The monoisotopic (exact) mass is 416 g/mol. The van der Waals surface area contributed by atoms with Crippen molar-refractivity contribution < 1.29 is 9.47 Å². The summed E-state index contributed by atoms with van der Waals surface area (Å²) in [6.07, 6.45) is 4.26. The van der Waals surface area contributed by atoms with Crippen LogP contribution in [0.2, 0.25) is 0 Å². The van der Waals surface area contributed by atoms with E-state index in [1.807, 2.05) is 30.5 Å². The smallest absolute Gasteiger partial charge is 0.191 e. The van der Waals surface area contributed by atoms with Crippen LogP contribution in [0, 0.1) is 0 Å². The van der Waals surface area contributed by atoms with Crippen LogP contribution in [0.4, 0.5) is 5.00 Å². The number of guanidine groups is 1. The van der Waals surface area contributed by atoms with Crippen LogP contribution in [-0.2, 0) is 6.42 Å². The number of nitrogens with zero attached hydrogens (tertiary/aromatic N) is 2. The van der Waals surface area contributed by atoms with E-state index >= 15 is 0 Å². The molecule has 2 heterocycles. The van der Waals surface area contributed by atoms with Gasteiger partial charge in [-0.3, -0.25) is 4.99 Å². The van der Waals surface area contributed by atoms with Crippen molar-refractivity contribution in [3.8, 4) is 11.5 Å². The molecule has 1 saturated heterocycles. The number of aryl methyl sites for hydroxylation is 1. The van der Waals surface area contributed by atoms with Gasteiger partial charge in [-0.15, -0.1) is 11.3 Å². The Kier molecular flexibility index (Phi) is 8.04. The number of piperidine rings is 1. The molecule has 0 spiro atoms. The zero-order valence-corrected chi connectivity index (χ0v) is 18.4. The highest BCUT2D eigenvalue weighted by molar-refractivity contribution is 7.14. The molecule has 0 amide bonds. The number of nitrogens with one attached hydrogen (secondary N) is 2. The maximum Gasteiger partial charge on any atom is 0.191 e. The minimum absolute atomic E-state index is 0.475. The predicted molar refractivity (Wildman–Crippen MR) is 122 cm³/mol. The Morgan fingerprint density at radius 3 is 2.62 bits per heavy atom. The maximum absolute atomic E-state index is 5.38. The zero-order chi connectivity index (χ0) is 20.5. The minimum atomic E-state index is 0.475. The fourth-order valence-corrected chi connectivity index (χ4v) is 4.40. The van der Waals surface area contributed by atoms with Crippen molar-refractivity contribution in [2.75, 3.05) is 45.8 Å². The second kappa shape index (κ2) is 11.0. The summed E-state index contributed by atoms with van der Waals surface area (Å²) in [4.78, 5) is 6.87. The molecule has 0 saturated carbocycles. The molecule has 6 nitrogen and oxygen atoms in total. The van der Waals surface area contributed by atoms with E-state index in [1.54, 1.807) is 14.2 Å². The molecule has 1 aromatic carbocycles. The molecule has 158 valence electrons. The quantitative estimate of drug-likeness (QED) is 0.392. The van der Waals surface area contributed by atoms with Gasteiger partial charge in [0.1, 0.15) is 0 Å². The third-order valence-electron chi connectivity index (χ3n) is 5.26. The van der Waals surface area contributed by atoms with Gasteiger partial charge >= 0.3 is 0 Å². The van der Waals surface area contributed by atoms with Gasteiger partial charge in [0.05, 0.1) is 19.2 Å². The number of benzene rings is 1. The van der Waals surface area contributed by atoms with Crippen LogP contribution in [0.1, 0.15) is 24.8 Å². The summed E-state index contributed by atoms with van der Waals surface area (Å²) in [7, 11) is 5.17. The molecule has 0 aliphatic carbocycles. The van der Waals surface area contributed by atoms with Gasteiger partial charge in [0.25, 0.3) is 0 Å². The number of aliphatic imine (C=N–C) groups is 1. The fraction of sp³-hybridized carbons (Fsp3) is 0.500. The van der Waals surface area contributed by atoms with Crippen molar-refractivity contribution in [3.05, 3.63) is 41.3 Å². The van der Waals surface area contributed by atoms with Gasteiger partial charge in [0.2, 0.25) is 0 Å². The molecule has 29 heavy (non-hydrogen) atoms. The Bertz CT molecular complexity index is 771. The highest BCUT2D eigenvalue weighted by Gasteiger charge is 2.20. The Morgan fingerprint density at radius 2 is 1.97 bits per heavy atom. The number of rotatable bonds is 8. The number of methoxy groups -OCH3 is 2. The molecule has 0 bridgehead atoms. The van der Waals surface area contributed by atoms with E-state index in [0.29, 0.717) is 6.04 Å². The van der Waals surface area contributed by atoms with E-state index in [1.165, 1.54) is 10.6 Å². The topological polar surface area (TPSA) is 58.1 Å².